The Morgan fingerprint density at radius 2 is 1.95 bits per heavy atom. The molecule has 3 aromatic rings. The molecule has 0 aliphatic rings. The van der Waals surface area contributed by atoms with Gasteiger partial charge in [-0.05, 0) is 35.4 Å². The van der Waals surface area contributed by atoms with Crippen LogP contribution in [0.15, 0.2) is 42.5 Å². The number of rotatable bonds is 4. The van der Waals surface area contributed by atoms with Crippen molar-refractivity contribution in [2.45, 2.75) is 26.4 Å². The second-order valence-electron chi connectivity index (χ2n) is 5.07. The van der Waals surface area contributed by atoms with Gasteiger partial charge in [-0.3, -0.25) is 0 Å². The molecular formula is C17H18FN3. The summed E-state index contributed by atoms with van der Waals surface area (Å²) in [6.45, 7) is 3.09. The fraction of sp³-hybridized carbons (Fsp3) is 0.235. The quantitative estimate of drug-likeness (QED) is 0.798. The van der Waals surface area contributed by atoms with Crippen molar-refractivity contribution in [1.82, 2.24) is 9.55 Å². The largest absolute Gasteiger partial charge is 0.326 e. The van der Waals surface area contributed by atoms with Crippen LogP contribution in [0.4, 0.5) is 4.39 Å². The molecule has 2 aromatic carbocycles. The number of aryl methyl sites for hydroxylation is 1. The summed E-state index contributed by atoms with van der Waals surface area (Å²) >= 11 is 0. The molecule has 2 N–H and O–H groups in total. The van der Waals surface area contributed by atoms with Gasteiger partial charge < -0.3 is 10.3 Å². The smallest absolute Gasteiger partial charge is 0.123 e. The third kappa shape index (κ3) is 2.54. The third-order valence-electron chi connectivity index (χ3n) is 3.77. The number of benzene rings is 2. The van der Waals surface area contributed by atoms with E-state index >= 15 is 0 Å². The monoisotopic (exact) mass is 283 g/mol. The van der Waals surface area contributed by atoms with E-state index in [1.165, 1.54) is 12.1 Å². The van der Waals surface area contributed by atoms with E-state index in [2.05, 4.69) is 22.5 Å². The molecule has 0 fully saturated rings. The highest BCUT2D eigenvalue weighted by Gasteiger charge is 2.11. The minimum Gasteiger partial charge on any atom is -0.326 e. The zero-order valence-electron chi connectivity index (χ0n) is 12.0. The SMILES string of the molecule is CCc1nc2ccccc2n1Cc1ccc(F)cc1CN. The molecule has 21 heavy (non-hydrogen) atoms. The van der Waals surface area contributed by atoms with Gasteiger partial charge in [-0.25, -0.2) is 9.37 Å². The van der Waals surface area contributed by atoms with Crippen molar-refractivity contribution in [2.75, 3.05) is 0 Å². The van der Waals surface area contributed by atoms with Crippen molar-refractivity contribution in [3.05, 3.63) is 65.2 Å². The summed E-state index contributed by atoms with van der Waals surface area (Å²) in [5.41, 5.74) is 9.71. The van der Waals surface area contributed by atoms with Gasteiger partial charge in [0.15, 0.2) is 0 Å². The van der Waals surface area contributed by atoms with Gasteiger partial charge in [-0.1, -0.05) is 25.1 Å². The lowest BCUT2D eigenvalue weighted by Gasteiger charge is -2.12. The first-order chi connectivity index (χ1) is 10.2. The summed E-state index contributed by atoms with van der Waals surface area (Å²) < 4.78 is 15.5. The lowest BCUT2D eigenvalue weighted by Crippen LogP contribution is -2.09. The number of aromatic nitrogens is 2. The van der Waals surface area contributed by atoms with Crippen LogP contribution in [-0.4, -0.2) is 9.55 Å². The molecule has 1 aromatic heterocycles. The summed E-state index contributed by atoms with van der Waals surface area (Å²) in [6.07, 6.45) is 0.855. The lowest BCUT2D eigenvalue weighted by molar-refractivity contribution is 0.623. The standard InChI is InChI=1S/C17H18FN3/c1-2-17-20-15-5-3-4-6-16(15)21(17)11-12-7-8-14(18)9-13(12)10-19/h3-9H,2,10-11,19H2,1H3. The van der Waals surface area contributed by atoms with Crippen LogP contribution in [0, 0.1) is 5.82 Å². The van der Waals surface area contributed by atoms with Gasteiger partial charge in [0, 0.05) is 19.5 Å². The lowest BCUT2D eigenvalue weighted by atomic mass is 10.1. The van der Waals surface area contributed by atoms with E-state index in [9.17, 15) is 4.39 Å². The number of hydrogen-bond acceptors (Lipinski definition) is 2. The number of imidazole rings is 1. The summed E-state index contributed by atoms with van der Waals surface area (Å²) in [7, 11) is 0. The summed E-state index contributed by atoms with van der Waals surface area (Å²) in [5, 5.41) is 0. The molecule has 108 valence electrons. The van der Waals surface area contributed by atoms with Crippen LogP contribution < -0.4 is 5.73 Å². The Balaban J connectivity index is 2.09. The highest BCUT2D eigenvalue weighted by Crippen LogP contribution is 2.20. The Bertz CT molecular complexity index is 777. The molecule has 0 bridgehead atoms. The minimum atomic E-state index is -0.245. The maximum atomic E-state index is 13.3. The Morgan fingerprint density at radius 1 is 1.14 bits per heavy atom. The van der Waals surface area contributed by atoms with E-state index in [0.29, 0.717) is 13.1 Å². The molecule has 0 amide bonds. The maximum absolute atomic E-state index is 13.3. The summed E-state index contributed by atoms with van der Waals surface area (Å²) in [5.74, 6) is 0.786. The molecular weight excluding hydrogens is 265 g/mol. The molecule has 3 nitrogen and oxygen atoms in total. The van der Waals surface area contributed by atoms with E-state index in [-0.39, 0.29) is 5.82 Å². The topological polar surface area (TPSA) is 43.8 Å². The fourth-order valence-electron chi connectivity index (χ4n) is 2.68. The zero-order chi connectivity index (χ0) is 14.8. The first-order valence-corrected chi connectivity index (χ1v) is 7.14. The van der Waals surface area contributed by atoms with Crippen molar-refractivity contribution in [2.24, 2.45) is 5.73 Å². The van der Waals surface area contributed by atoms with Crippen LogP contribution in [0.25, 0.3) is 11.0 Å². The van der Waals surface area contributed by atoms with Gasteiger partial charge in [0.05, 0.1) is 11.0 Å². The van der Waals surface area contributed by atoms with Crippen molar-refractivity contribution >= 4 is 11.0 Å². The first-order valence-electron chi connectivity index (χ1n) is 7.14. The number of para-hydroxylation sites is 2. The van der Waals surface area contributed by atoms with E-state index < -0.39 is 0 Å². The first kappa shape index (κ1) is 13.8. The molecule has 0 radical (unpaired) electrons. The Kier molecular flexibility index (Phi) is 3.71. The van der Waals surface area contributed by atoms with Gasteiger partial charge in [0.2, 0.25) is 0 Å². The van der Waals surface area contributed by atoms with Gasteiger partial charge in [0.1, 0.15) is 11.6 Å². The van der Waals surface area contributed by atoms with Crippen LogP contribution in [0.2, 0.25) is 0 Å². The van der Waals surface area contributed by atoms with E-state index in [1.54, 1.807) is 0 Å². The normalized spacial score (nSPS) is 11.2. The predicted molar refractivity (Wildman–Crippen MR) is 82.5 cm³/mol. The predicted octanol–water partition coefficient (Wildman–Crippen LogP) is 3.24. The summed E-state index contributed by atoms with van der Waals surface area (Å²) in [4.78, 5) is 4.66. The minimum absolute atomic E-state index is 0.245. The number of nitrogens with two attached hydrogens (primary N) is 1. The molecule has 0 atom stereocenters. The highest BCUT2D eigenvalue weighted by molar-refractivity contribution is 5.76. The van der Waals surface area contributed by atoms with Crippen LogP contribution in [-0.2, 0) is 19.5 Å². The average Bonchev–Trinajstić information content (AvgIpc) is 2.87. The highest BCUT2D eigenvalue weighted by atomic mass is 19.1. The molecule has 0 spiro atoms. The van der Waals surface area contributed by atoms with Crippen molar-refractivity contribution in [3.63, 3.8) is 0 Å². The Labute approximate surface area is 123 Å². The van der Waals surface area contributed by atoms with Gasteiger partial charge in [-0.15, -0.1) is 0 Å². The number of nitrogens with zero attached hydrogens (tertiary/aromatic N) is 2. The van der Waals surface area contributed by atoms with Gasteiger partial charge >= 0.3 is 0 Å². The Hall–Kier alpha value is -2.20. The van der Waals surface area contributed by atoms with Crippen LogP contribution in [0.3, 0.4) is 0 Å². The second kappa shape index (κ2) is 5.66. The molecule has 0 unspecified atom stereocenters. The van der Waals surface area contributed by atoms with E-state index in [0.717, 1.165) is 34.4 Å². The van der Waals surface area contributed by atoms with Gasteiger partial charge in [0.25, 0.3) is 0 Å². The van der Waals surface area contributed by atoms with E-state index in [1.807, 2.05) is 24.3 Å². The van der Waals surface area contributed by atoms with Crippen molar-refractivity contribution in [3.8, 4) is 0 Å². The number of hydrogen-bond donors (Lipinski definition) is 1. The van der Waals surface area contributed by atoms with E-state index in [4.69, 9.17) is 5.73 Å². The molecule has 0 aliphatic heterocycles. The fourth-order valence-corrected chi connectivity index (χ4v) is 2.68. The molecule has 4 heteroatoms. The molecule has 0 aliphatic carbocycles. The number of halogens is 1. The summed E-state index contributed by atoms with van der Waals surface area (Å²) in [6, 6.07) is 12.9. The molecule has 3 rings (SSSR count). The average molecular weight is 283 g/mol. The van der Waals surface area contributed by atoms with Crippen LogP contribution >= 0.6 is 0 Å². The zero-order valence-corrected chi connectivity index (χ0v) is 12.0. The van der Waals surface area contributed by atoms with Crippen LogP contribution in [0.5, 0.6) is 0 Å². The van der Waals surface area contributed by atoms with Crippen molar-refractivity contribution in [1.29, 1.82) is 0 Å². The maximum Gasteiger partial charge on any atom is 0.123 e. The number of fused-ring (bicyclic) bond motifs is 1. The molecule has 0 saturated heterocycles. The Morgan fingerprint density at radius 3 is 2.71 bits per heavy atom. The van der Waals surface area contributed by atoms with Gasteiger partial charge in [-0.2, -0.15) is 0 Å². The second-order valence-corrected chi connectivity index (χ2v) is 5.07. The molecule has 0 saturated carbocycles. The van der Waals surface area contributed by atoms with Crippen molar-refractivity contribution < 1.29 is 4.39 Å². The van der Waals surface area contributed by atoms with Crippen LogP contribution in [0.1, 0.15) is 23.9 Å². The molecule has 1 heterocycles. The third-order valence-corrected chi connectivity index (χ3v) is 3.77.